The number of hydrogen-bond acceptors (Lipinski definition) is 6. The predicted octanol–water partition coefficient (Wildman–Crippen LogP) is 6.71. The van der Waals surface area contributed by atoms with Gasteiger partial charge in [0, 0.05) is 10.9 Å². The predicted molar refractivity (Wildman–Crippen MR) is 137 cm³/mol. The molecule has 33 heavy (non-hydrogen) atoms. The third kappa shape index (κ3) is 4.33. The van der Waals surface area contributed by atoms with E-state index in [0.717, 1.165) is 28.1 Å². The fourth-order valence-corrected chi connectivity index (χ4v) is 5.26. The number of nitrogens with zero attached hydrogens (tertiary/aromatic N) is 3. The molecule has 1 amide bonds. The molecule has 2 heterocycles. The highest BCUT2D eigenvalue weighted by Crippen LogP contribution is 2.40. The lowest BCUT2D eigenvalue weighted by Crippen LogP contribution is -2.28. The largest absolute Gasteiger partial charge is 0.508 e. The van der Waals surface area contributed by atoms with Crippen molar-refractivity contribution in [1.82, 2.24) is 4.98 Å². The number of rotatable bonds is 4. The molecule has 3 aromatic carbocycles. The lowest BCUT2D eigenvalue weighted by Gasteiger charge is -2.15. The van der Waals surface area contributed by atoms with Crippen LogP contribution in [0.1, 0.15) is 12.5 Å². The Morgan fingerprint density at radius 1 is 0.939 bits per heavy atom. The average Bonchev–Trinajstić information content (AvgIpc) is 3.45. The lowest BCUT2D eigenvalue weighted by molar-refractivity contribution is -0.113. The molecule has 1 aliphatic heterocycles. The molecule has 0 unspecified atom stereocenters. The maximum absolute atomic E-state index is 13.5. The van der Waals surface area contributed by atoms with Gasteiger partial charge >= 0.3 is 0 Å². The number of thioether (sulfide) groups is 1. The van der Waals surface area contributed by atoms with Gasteiger partial charge in [0.25, 0.3) is 5.91 Å². The van der Waals surface area contributed by atoms with Gasteiger partial charge in [0.2, 0.25) is 5.13 Å². The van der Waals surface area contributed by atoms with Crippen LogP contribution < -0.4 is 4.90 Å². The van der Waals surface area contributed by atoms with E-state index in [-0.39, 0.29) is 11.7 Å². The molecule has 162 valence electrons. The number of allylic oxidation sites excluding steroid dienone is 1. The number of hydrogen-bond donors (Lipinski definition) is 1. The number of carbonyl (C=O) groups is 1. The van der Waals surface area contributed by atoms with Crippen molar-refractivity contribution in [1.29, 1.82) is 0 Å². The summed E-state index contributed by atoms with van der Waals surface area (Å²) in [6, 6.07) is 26.3. The number of phenolic OH excluding ortho intramolecular Hbond substituents is 1. The molecule has 1 saturated heterocycles. The minimum atomic E-state index is -0.129. The Hall–Kier alpha value is -3.68. The van der Waals surface area contributed by atoms with Gasteiger partial charge < -0.3 is 5.11 Å². The van der Waals surface area contributed by atoms with Crippen molar-refractivity contribution in [3.05, 3.63) is 101 Å². The highest BCUT2D eigenvalue weighted by atomic mass is 32.2. The molecule has 0 bridgehead atoms. The lowest BCUT2D eigenvalue weighted by atomic mass is 10.1. The second-order valence-corrected chi connectivity index (χ2v) is 9.17. The van der Waals surface area contributed by atoms with Crippen LogP contribution in [0.4, 0.5) is 10.8 Å². The van der Waals surface area contributed by atoms with Crippen molar-refractivity contribution in [2.45, 2.75) is 6.92 Å². The van der Waals surface area contributed by atoms with Gasteiger partial charge in [-0.1, -0.05) is 60.7 Å². The summed E-state index contributed by atoms with van der Waals surface area (Å²) in [6.45, 7) is 1.91. The molecule has 0 saturated carbocycles. The first-order valence-corrected chi connectivity index (χ1v) is 12.0. The van der Waals surface area contributed by atoms with E-state index in [0.29, 0.717) is 15.2 Å². The van der Waals surface area contributed by atoms with Crippen LogP contribution in [0.3, 0.4) is 0 Å². The van der Waals surface area contributed by atoms with E-state index < -0.39 is 0 Å². The molecule has 4 aromatic rings. The monoisotopic (exact) mass is 469 g/mol. The molecular formula is C26H19N3O2S2. The minimum Gasteiger partial charge on any atom is -0.508 e. The van der Waals surface area contributed by atoms with Gasteiger partial charge in [-0.05, 0) is 54.1 Å². The van der Waals surface area contributed by atoms with Crippen molar-refractivity contribution in [3.63, 3.8) is 0 Å². The van der Waals surface area contributed by atoms with Crippen LogP contribution in [0.25, 0.3) is 16.8 Å². The first-order chi connectivity index (χ1) is 16.1. The fourth-order valence-electron chi connectivity index (χ4n) is 3.46. The number of aliphatic imine (C=N–C) groups is 1. The SMILES string of the molecule is C/C(=C1/S/C(=N/c2nc(-c3ccccc3)cs2)N(c2ccccc2)C1=O)c1ccc(O)cc1. The topological polar surface area (TPSA) is 65.8 Å². The summed E-state index contributed by atoms with van der Waals surface area (Å²) in [5.74, 6) is 0.0588. The number of thiazole rings is 1. The molecule has 1 fully saturated rings. The van der Waals surface area contributed by atoms with Crippen molar-refractivity contribution >= 4 is 50.6 Å². The normalized spacial score (nSPS) is 16.5. The quantitative estimate of drug-likeness (QED) is 0.337. The van der Waals surface area contributed by atoms with Gasteiger partial charge in [-0.2, -0.15) is 4.99 Å². The highest BCUT2D eigenvalue weighted by Gasteiger charge is 2.36. The Balaban J connectivity index is 1.56. The zero-order chi connectivity index (χ0) is 22.8. The molecule has 1 N–H and O–H groups in total. The zero-order valence-corrected chi connectivity index (χ0v) is 19.3. The summed E-state index contributed by atoms with van der Waals surface area (Å²) < 4.78 is 0. The van der Waals surface area contributed by atoms with Crippen molar-refractivity contribution < 1.29 is 9.90 Å². The average molecular weight is 470 g/mol. The van der Waals surface area contributed by atoms with E-state index in [2.05, 4.69) is 4.98 Å². The van der Waals surface area contributed by atoms with Crippen LogP contribution in [0, 0.1) is 0 Å². The third-order valence-electron chi connectivity index (χ3n) is 5.19. The number of amides is 1. The first-order valence-electron chi connectivity index (χ1n) is 10.3. The molecule has 7 heteroatoms. The molecular weight excluding hydrogens is 450 g/mol. The maximum Gasteiger partial charge on any atom is 0.271 e. The number of benzene rings is 3. The van der Waals surface area contributed by atoms with Crippen molar-refractivity contribution in [3.8, 4) is 17.0 Å². The number of amidine groups is 1. The fraction of sp³-hybridized carbons (Fsp3) is 0.0385. The number of aromatic nitrogens is 1. The summed E-state index contributed by atoms with van der Waals surface area (Å²) in [5.41, 5.74) is 4.34. The highest BCUT2D eigenvalue weighted by molar-refractivity contribution is 8.19. The number of aromatic hydroxyl groups is 1. The van der Waals surface area contributed by atoms with Gasteiger partial charge in [0.1, 0.15) is 5.75 Å². The van der Waals surface area contributed by atoms with Gasteiger partial charge in [0.15, 0.2) is 5.17 Å². The molecule has 0 aliphatic carbocycles. The number of phenols is 1. The summed E-state index contributed by atoms with van der Waals surface area (Å²) in [7, 11) is 0. The maximum atomic E-state index is 13.5. The number of para-hydroxylation sites is 1. The Kier molecular flexibility index (Phi) is 5.81. The number of carbonyl (C=O) groups excluding carboxylic acids is 1. The van der Waals surface area contributed by atoms with E-state index >= 15 is 0 Å². The van der Waals surface area contributed by atoms with E-state index in [1.807, 2.05) is 73.0 Å². The molecule has 5 nitrogen and oxygen atoms in total. The van der Waals surface area contributed by atoms with Gasteiger partial charge in [-0.15, -0.1) is 11.3 Å². The standard InChI is InChI=1S/C26H19N3O2S2/c1-17(18-12-14-21(30)15-13-18)23-24(31)29(20-10-6-3-7-11-20)26(33-23)28-25-27-22(16-32-25)19-8-4-2-5-9-19/h2-16,30H,1H3/b23-17-,28-26+. The second-order valence-electron chi connectivity index (χ2n) is 7.35. The summed E-state index contributed by atoms with van der Waals surface area (Å²) in [6.07, 6.45) is 0. The minimum absolute atomic E-state index is 0.129. The van der Waals surface area contributed by atoms with Crippen molar-refractivity contribution in [2.24, 2.45) is 4.99 Å². The van der Waals surface area contributed by atoms with E-state index in [9.17, 15) is 9.90 Å². The third-order valence-corrected chi connectivity index (χ3v) is 7.07. The van der Waals surface area contributed by atoms with E-state index in [4.69, 9.17) is 4.99 Å². The molecule has 0 spiro atoms. The van der Waals surface area contributed by atoms with Gasteiger partial charge in [0.05, 0.1) is 16.3 Å². The molecule has 1 aliphatic rings. The van der Waals surface area contributed by atoms with Gasteiger partial charge in [-0.3, -0.25) is 9.69 Å². The second kappa shape index (κ2) is 9.05. The summed E-state index contributed by atoms with van der Waals surface area (Å²) in [5, 5.41) is 12.7. The Morgan fingerprint density at radius 3 is 2.30 bits per heavy atom. The van der Waals surface area contributed by atoms with E-state index in [1.54, 1.807) is 29.2 Å². The Labute approximate surface area is 199 Å². The van der Waals surface area contributed by atoms with Crippen LogP contribution in [0.5, 0.6) is 5.75 Å². The summed E-state index contributed by atoms with van der Waals surface area (Å²) in [4.78, 5) is 25.2. The van der Waals surface area contributed by atoms with Gasteiger partial charge in [-0.25, -0.2) is 4.98 Å². The molecule has 1 aromatic heterocycles. The van der Waals surface area contributed by atoms with E-state index in [1.165, 1.54) is 23.1 Å². The first kappa shape index (κ1) is 21.2. The van der Waals surface area contributed by atoms with Crippen LogP contribution in [0.15, 0.2) is 100 Å². The molecule has 0 atom stereocenters. The van der Waals surface area contributed by atoms with Crippen LogP contribution in [0.2, 0.25) is 0 Å². The number of anilines is 1. The van der Waals surface area contributed by atoms with Crippen molar-refractivity contribution in [2.75, 3.05) is 4.90 Å². The van der Waals surface area contributed by atoms with Crippen LogP contribution in [-0.2, 0) is 4.79 Å². The molecule has 5 rings (SSSR count). The Bertz CT molecular complexity index is 1360. The smallest absolute Gasteiger partial charge is 0.271 e. The van der Waals surface area contributed by atoms with Crippen LogP contribution >= 0.6 is 23.1 Å². The molecule has 0 radical (unpaired) electrons. The zero-order valence-electron chi connectivity index (χ0n) is 17.7. The Morgan fingerprint density at radius 2 is 1.61 bits per heavy atom. The van der Waals surface area contributed by atoms with Crippen LogP contribution in [-0.4, -0.2) is 21.2 Å². The summed E-state index contributed by atoms with van der Waals surface area (Å²) >= 11 is 2.78.